The van der Waals surface area contributed by atoms with E-state index in [9.17, 15) is 8.42 Å². The highest BCUT2D eigenvalue weighted by atomic mass is 32.2. The lowest BCUT2D eigenvalue weighted by Crippen LogP contribution is -2.28. The number of rotatable bonds is 5. The highest BCUT2D eigenvalue weighted by molar-refractivity contribution is 7.90. The van der Waals surface area contributed by atoms with Crippen LogP contribution < -0.4 is 5.32 Å². The van der Waals surface area contributed by atoms with Gasteiger partial charge in [0.05, 0.1) is 10.6 Å². The summed E-state index contributed by atoms with van der Waals surface area (Å²) in [7, 11) is -3.23. The Hall–Kier alpha value is -1.81. The number of para-hydroxylation sites is 1. The molecule has 0 saturated heterocycles. The molecule has 3 nitrogen and oxygen atoms in total. The van der Waals surface area contributed by atoms with Crippen LogP contribution in [0, 0.1) is 0 Å². The van der Waals surface area contributed by atoms with Crippen LogP contribution in [-0.2, 0) is 15.3 Å². The Labute approximate surface area is 126 Å². The molecule has 0 unspecified atom stereocenters. The first-order valence-electron chi connectivity index (χ1n) is 6.89. The molecule has 0 amide bonds. The highest BCUT2D eigenvalue weighted by Gasteiger charge is 2.21. The number of benzene rings is 2. The minimum Gasteiger partial charge on any atom is -0.383 e. The number of hydrogen-bond acceptors (Lipinski definition) is 3. The van der Waals surface area contributed by atoms with Crippen LogP contribution in [0.15, 0.2) is 59.5 Å². The molecule has 0 heterocycles. The van der Waals surface area contributed by atoms with E-state index in [1.54, 1.807) is 18.2 Å². The quantitative estimate of drug-likeness (QED) is 0.920. The normalized spacial score (nSPS) is 12.1. The van der Waals surface area contributed by atoms with E-state index in [1.165, 1.54) is 11.8 Å². The molecule has 2 aromatic rings. The van der Waals surface area contributed by atoms with Crippen LogP contribution in [0.5, 0.6) is 0 Å². The van der Waals surface area contributed by atoms with E-state index in [4.69, 9.17) is 0 Å². The number of nitrogens with one attached hydrogen (secondary N) is 1. The summed E-state index contributed by atoms with van der Waals surface area (Å²) in [6.45, 7) is 4.93. The zero-order valence-electron chi connectivity index (χ0n) is 12.6. The number of hydrogen-bond donors (Lipinski definition) is 1. The van der Waals surface area contributed by atoms with E-state index >= 15 is 0 Å². The molecule has 0 aliphatic carbocycles. The van der Waals surface area contributed by atoms with Gasteiger partial charge in [0.2, 0.25) is 0 Å². The summed E-state index contributed by atoms with van der Waals surface area (Å²) in [5, 5.41) is 3.28. The lowest BCUT2D eigenvalue weighted by atomic mass is 9.84. The van der Waals surface area contributed by atoms with Crippen molar-refractivity contribution in [1.82, 2.24) is 0 Å². The maximum absolute atomic E-state index is 11.8. The van der Waals surface area contributed by atoms with E-state index < -0.39 is 9.84 Å². The summed E-state index contributed by atoms with van der Waals surface area (Å²) < 4.78 is 23.6. The van der Waals surface area contributed by atoms with Crippen molar-refractivity contribution in [3.63, 3.8) is 0 Å². The van der Waals surface area contributed by atoms with Gasteiger partial charge in [0.15, 0.2) is 9.84 Å². The molecule has 0 spiro atoms. The lowest BCUT2D eigenvalue weighted by Gasteiger charge is -2.26. The smallest absolute Gasteiger partial charge is 0.177 e. The molecule has 0 saturated carbocycles. The minimum atomic E-state index is -3.23. The summed E-state index contributed by atoms with van der Waals surface area (Å²) in [5.41, 5.74) is 1.78. The van der Waals surface area contributed by atoms with Gasteiger partial charge in [-0.15, -0.1) is 0 Å². The SMILES string of the molecule is CC(C)(CNc1ccccc1S(C)(=O)=O)c1ccccc1. The topological polar surface area (TPSA) is 46.2 Å². The Morgan fingerprint density at radius 1 is 0.952 bits per heavy atom. The standard InChI is InChI=1S/C17H21NO2S/c1-17(2,14-9-5-4-6-10-14)13-18-15-11-7-8-12-16(15)21(3,19)20/h4-12,18H,13H2,1-3H3. The largest absolute Gasteiger partial charge is 0.383 e. The predicted octanol–water partition coefficient (Wildman–Crippen LogP) is 3.48. The van der Waals surface area contributed by atoms with Crippen molar-refractivity contribution in [2.24, 2.45) is 0 Å². The first-order valence-corrected chi connectivity index (χ1v) is 8.78. The van der Waals surface area contributed by atoms with Gasteiger partial charge in [-0.3, -0.25) is 0 Å². The van der Waals surface area contributed by atoms with Crippen LogP contribution in [0.2, 0.25) is 0 Å². The fraction of sp³-hybridized carbons (Fsp3) is 0.294. The third-order valence-electron chi connectivity index (χ3n) is 3.56. The summed E-state index contributed by atoms with van der Waals surface area (Å²) in [6, 6.07) is 17.2. The summed E-state index contributed by atoms with van der Waals surface area (Å²) >= 11 is 0. The molecular formula is C17H21NO2S. The van der Waals surface area contributed by atoms with Crippen LogP contribution in [-0.4, -0.2) is 21.2 Å². The van der Waals surface area contributed by atoms with Gasteiger partial charge < -0.3 is 5.32 Å². The van der Waals surface area contributed by atoms with Crippen molar-refractivity contribution in [3.05, 3.63) is 60.2 Å². The Kier molecular flexibility index (Phi) is 4.37. The molecular weight excluding hydrogens is 282 g/mol. The molecule has 21 heavy (non-hydrogen) atoms. The second-order valence-corrected chi connectivity index (χ2v) is 7.86. The maximum Gasteiger partial charge on any atom is 0.177 e. The molecule has 0 aromatic heterocycles. The van der Waals surface area contributed by atoms with Crippen LogP contribution in [0.4, 0.5) is 5.69 Å². The van der Waals surface area contributed by atoms with Crippen molar-refractivity contribution in [3.8, 4) is 0 Å². The molecule has 0 radical (unpaired) electrons. The van der Waals surface area contributed by atoms with E-state index in [0.717, 1.165) is 0 Å². The van der Waals surface area contributed by atoms with Gasteiger partial charge in [-0.2, -0.15) is 0 Å². The fourth-order valence-corrected chi connectivity index (χ4v) is 3.11. The predicted molar refractivity (Wildman–Crippen MR) is 87.5 cm³/mol. The van der Waals surface area contributed by atoms with Gasteiger partial charge in [0.25, 0.3) is 0 Å². The molecule has 2 aromatic carbocycles. The molecule has 0 fully saturated rings. The molecule has 0 atom stereocenters. The fourth-order valence-electron chi connectivity index (χ4n) is 2.24. The van der Waals surface area contributed by atoms with Crippen LogP contribution in [0.3, 0.4) is 0 Å². The monoisotopic (exact) mass is 303 g/mol. The third kappa shape index (κ3) is 3.85. The van der Waals surface area contributed by atoms with E-state index in [-0.39, 0.29) is 5.41 Å². The molecule has 0 aliphatic heterocycles. The number of anilines is 1. The zero-order chi connectivity index (χ0) is 15.5. The molecule has 1 N–H and O–H groups in total. The Bertz CT molecular complexity index is 707. The van der Waals surface area contributed by atoms with E-state index in [1.807, 2.05) is 24.3 Å². The van der Waals surface area contributed by atoms with Crippen molar-refractivity contribution >= 4 is 15.5 Å². The van der Waals surface area contributed by atoms with Gasteiger partial charge in [0.1, 0.15) is 0 Å². The van der Waals surface area contributed by atoms with Gasteiger partial charge in [0, 0.05) is 18.2 Å². The summed E-state index contributed by atoms with van der Waals surface area (Å²) in [6.07, 6.45) is 1.23. The lowest BCUT2D eigenvalue weighted by molar-refractivity contribution is 0.556. The van der Waals surface area contributed by atoms with Crippen molar-refractivity contribution < 1.29 is 8.42 Å². The first kappa shape index (κ1) is 15.6. The molecule has 0 bridgehead atoms. The van der Waals surface area contributed by atoms with Crippen molar-refractivity contribution in [1.29, 1.82) is 0 Å². The zero-order valence-corrected chi connectivity index (χ0v) is 13.4. The minimum absolute atomic E-state index is 0.0914. The maximum atomic E-state index is 11.8. The van der Waals surface area contributed by atoms with Gasteiger partial charge in [-0.25, -0.2) is 8.42 Å². The highest BCUT2D eigenvalue weighted by Crippen LogP contribution is 2.26. The van der Waals surface area contributed by atoms with Crippen LogP contribution in [0.1, 0.15) is 19.4 Å². The molecule has 112 valence electrons. The van der Waals surface area contributed by atoms with Crippen molar-refractivity contribution in [2.45, 2.75) is 24.2 Å². The van der Waals surface area contributed by atoms with Gasteiger partial charge in [-0.05, 0) is 17.7 Å². The third-order valence-corrected chi connectivity index (χ3v) is 4.72. The van der Waals surface area contributed by atoms with Crippen molar-refractivity contribution in [2.75, 3.05) is 18.1 Å². The van der Waals surface area contributed by atoms with E-state index in [2.05, 4.69) is 31.3 Å². The Morgan fingerprint density at radius 3 is 2.14 bits per heavy atom. The first-order chi connectivity index (χ1) is 9.81. The average Bonchev–Trinajstić information content (AvgIpc) is 2.45. The van der Waals surface area contributed by atoms with Crippen LogP contribution >= 0.6 is 0 Å². The van der Waals surface area contributed by atoms with Crippen LogP contribution in [0.25, 0.3) is 0 Å². The summed E-state index contributed by atoms with van der Waals surface area (Å²) in [4.78, 5) is 0.342. The molecule has 2 rings (SSSR count). The number of sulfone groups is 1. The molecule has 4 heteroatoms. The molecule has 0 aliphatic rings. The second kappa shape index (κ2) is 5.90. The van der Waals surface area contributed by atoms with Gasteiger partial charge in [-0.1, -0.05) is 56.3 Å². The Balaban J connectivity index is 2.21. The second-order valence-electron chi connectivity index (χ2n) is 5.87. The van der Waals surface area contributed by atoms with Gasteiger partial charge >= 0.3 is 0 Å². The van der Waals surface area contributed by atoms with E-state index in [0.29, 0.717) is 17.1 Å². The average molecular weight is 303 g/mol. The Morgan fingerprint density at radius 2 is 1.52 bits per heavy atom. The summed E-state index contributed by atoms with van der Waals surface area (Å²) in [5.74, 6) is 0.